The Morgan fingerprint density at radius 1 is 1.41 bits per heavy atom. The fraction of sp³-hybridized carbons (Fsp3) is 0.308. The Morgan fingerprint density at radius 2 is 2.24 bits per heavy atom. The third kappa shape index (κ3) is 2.87. The monoisotopic (exact) mass is 250 g/mol. The molecule has 0 unspecified atom stereocenters. The van der Waals surface area contributed by atoms with Crippen molar-refractivity contribution in [2.24, 2.45) is 0 Å². The van der Waals surface area contributed by atoms with E-state index in [1.54, 1.807) is 6.20 Å². The van der Waals surface area contributed by atoms with Crippen molar-refractivity contribution in [2.75, 3.05) is 13.6 Å². The van der Waals surface area contributed by atoms with Crippen LogP contribution in [0.15, 0.2) is 28.8 Å². The van der Waals surface area contributed by atoms with Gasteiger partial charge in [-0.2, -0.15) is 0 Å². The van der Waals surface area contributed by atoms with Gasteiger partial charge in [0.25, 0.3) is 0 Å². The summed E-state index contributed by atoms with van der Waals surface area (Å²) in [4.78, 5) is 4.23. The summed E-state index contributed by atoms with van der Waals surface area (Å²) in [6.45, 7) is 2.83. The number of aromatic nitrogens is 1. The zero-order chi connectivity index (χ0) is 12.3. The second-order valence-corrected chi connectivity index (χ2v) is 4.34. The van der Waals surface area contributed by atoms with Crippen molar-refractivity contribution in [1.29, 1.82) is 0 Å². The van der Waals surface area contributed by atoms with Crippen molar-refractivity contribution in [3.63, 3.8) is 0 Å². The summed E-state index contributed by atoms with van der Waals surface area (Å²) in [7, 11) is 1.91. The molecule has 2 rings (SSSR count). The van der Waals surface area contributed by atoms with Crippen molar-refractivity contribution in [1.82, 2.24) is 10.3 Å². The van der Waals surface area contributed by atoms with Gasteiger partial charge in [0.15, 0.2) is 11.7 Å². The van der Waals surface area contributed by atoms with Gasteiger partial charge < -0.3 is 9.73 Å². The van der Waals surface area contributed by atoms with E-state index in [-0.39, 0.29) is 0 Å². The number of hydrogen-bond donors (Lipinski definition) is 1. The number of aryl methyl sites for hydroxylation is 1. The van der Waals surface area contributed by atoms with Crippen LogP contribution in [0.4, 0.5) is 0 Å². The molecule has 0 saturated heterocycles. The lowest BCUT2D eigenvalue weighted by molar-refractivity contribution is 0.501. The highest BCUT2D eigenvalue weighted by atomic mass is 35.5. The standard InChI is InChI=1S/C13H15ClN2O/c1-9-3-4-10(7-11(9)14)12-8-16-13(17-12)5-6-15-2/h3-4,7-8,15H,5-6H2,1-2H3. The lowest BCUT2D eigenvalue weighted by Crippen LogP contribution is -2.10. The summed E-state index contributed by atoms with van der Waals surface area (Å²) in [5, 5.41) is 3.81. The third-order valence-corrected chi connectivity index (χ3v) is 3.01. The fourth-order valence-corrected chi connectivity index (χ4v) is 1.72. The van der Waals surface area contributed by atoms with Crippen LogP contribution in [0.3, 0.4) is 0 Å². The van der Waals surface area contributed by atoms with Gasteiger partial charge in [0, 0.05) is 23.6 Å². The van der Waals surface area contributed by atoms with Crippen LogP contribution >= 0.6 is 11.6 Å². The van der Waals surface area contributed by atoms with Crippen LogP contribution in [0.1, 0.15) is 11.5 Å². The molecule has 1 aromatic heterocycles. The topological polar surface area (TPSA) is 38.1 Å². The number of hydrogen-bond acceptors (Lipinski definition) is 3. The van der Waals surface area contributed by atoms with Crippen molar-refractivity contribution < 1.29 is 4.42 Å². The Kier molecular flexibility index (Phi) is 3.82. The zero-order valence-electron chi connectivity index (χ0n) is 9.96. The molecule has 90 valence electrons. The van der Waals surface area contributed by atoms with Crippen LogP contribution in [0.25, 0.3) is 11.3 Å². The highest BCUT2D eigenvalue weighted by Crippen LogP contribution is 2.25. The van der Waals surface area contributed by atoms with E-state index < -0.39 is 0 Å². The predicted molar refractivity (Wildman–Crippen MR) is 69.3 cm³/mol. The summed E-state index contributed by atoms with van der Waals surface area (Å²) in [5.41, 5.74) is 2.02. The minimum absolute atomic E-state index is 0.742. The minimum atomic E-state index is 0.742. The number of benzene rings is 1. The van der Waals surface area contributed by atoms with Gasteiger partial charge in [-0.15, -0.1) is 0 Å². The van der Waals surface area contributed by atoms with Gasteiger partial charge in [0.1, 0.15) is 0 Å². The first kappa shape index (κ1) is 12.1. The first-order valence-electron chi connectivity index (χ1n) is 5.56. The number of nitrogens with zero attached hydrogens (tertiary/aromatic N) is 1. The van der Waals surface area contributed by atoms with Crippen LogP contribution in [-0.2, 0) is 6.42 Å². The predicted octanol–water partition coefficient (Wildman–Crippen LogP) is 3.07. The molecule has 2 aromatic rings. The molecule has 1 aromatic carbocycles. The van der Waals surface area contributed by atoms with Gasteiger partial charge in [-0.3, -0.25) is 0 Å². The van der Waals surface area contributed by atoms with Crippen molar-refractivity contribution in [3.05, 3.63) is 40.9 Å². The lowest BCUT2D eigenvalue weighted by atomic mass is 10.1. The highest BCUT2D eigenvalue weighted by molar-refractivity contribution is 6.31. The smallest absolute Gasteiger partial charge is 0.196 e. The molecule has 0 spiro atoms. The maximum atomic E-state index is 6.08. The Bertz CT molecular complexity index is 508. The zero-order valence-corrected chi connectivity index (χ0v) is 10.7. The van der Waals surface area contributed by atoms with E-state index in [9.17, 15) is 0 Å². The van der Waals surface area contributed by atoms with Gasteiger partial charge in [0.2, 0.25) is 0 Å². The number of oxazole rings is 1. The number of rotatable bonds is 4. The Balaban J connectivity index is 2.21. The molecule has 0 fully saturated rings. The Morgan fingerprint density at radius 3 is 2.94 bits per heavy atom. The molecule has 0 aliphatic rings. The van der Waals surface area contributed by atoms with E-state index in [0.717, 1.165) is 40.8 Å². The molecule has 0 amide bonds. The van der Waals surface area contributed by atoms with E-state index in [0.29, 0.717) is 0 Å². The van der Waals surface area contributed by atoms with E-state index in [2.05, 4.69) is 10.3 Å². The molecule has 0 atom stereocenters. The van der Waals surface area contributed by atoms with Crippen LogP contribution in [0.2, 0.25) is 5.02 Å². The number of nitrogens with one attached hydrogen (secondary N) is 1. The molecule has 0 aliphatic heterocycles. The molecule has 3 nitrogen and oxygen atoms in total. The van der Waals surface area contributed by atoms with Crippen LogP contribution in [0.5, 0.6) is 0 Å². The molecule has 17 heavy (non-hydrogen) atoms. The fourth-order valence-electron chi connectivity index (χ4n) is 1.54. The van der Waals surface area contributed by atoms with E-state index in [1.807, 2.05) is 32.2 Å². The molecule has 0 aliphatic carbocycles. The number of likely N-dealkylation sites (N-methyl/N-ethyl adjacent to an activating group) is 1. The lowest BCUT2D eigenvalue weighted by Gasteiger charge is -2.00. The molecule has 1 N–H and O–H groups in total. The normalized spacial score (nSPS) is 10.8. The van der Waals surface area contributed by atoms with Crippen LogP contribution in [-0.4, -0.2) is 18.6 Å². The van der Waals surface area contributed by atoms with Gasteiger partial charge in [-0.1, -0.05) is 23.7 Å². The summed E-state index contributed by atoms with van der Waals surface area (Å²) in [6.07, 6.45) is 2.53. The van der Waals surface area contributed by atoms with Gasteiger partial charge in [0.05, 0.1) is 6.20 Å². The molecule has 0 radical (unpaired) electrons. The summed E-state index contributed by atoms with van der Waals surface area (Å²) < 4.78 is 5.66. The summed E-state index contributed by atoms with van der Waals surface area (Å²) >= 11 is 6.08. The van der Waals surface area contributed by atoms with E-state index >= 15 is 0 Å². The molecular weight excluding hydrogens is 236 g/mol. The van der Waals surface area contributed by atoms with Gasteiger partial charge >= 0.3 is 0 Å². The maximum Gasteiger partial charge on any atom is 0.196 e. The van der Waals surface area contributed by atoms with Crippen molar-refractivity contribution in [3.8, 4) is 11.3 Å². The molecule has 4 heteroatoms. The second kappa shape index (κ2) is 5.34. The SMILES string of the molecule is CNCCc1ncc(-c2ccc(C)c(Cl)c2)o1. The average Bonchev–Trinajstić information content (AvgIpc) is 2.79. The first-order chi connectivity index (χ1) is 8.20. The molecular formula is C13H15ClN2O. The van der Waals surface area contributed by atoms with E-state index in [1.165, 1.54) is 0 Å². The molecule has 0 bridgehead atoms. The van der Waals surface area contributed by atoms with E-state index in [4.69, 9.17) is 16.0 Å². The largest absolute Gasteiger partial charge is 0.441 e. The van der Waals surface area contributed by atoms with Crippen molar-refractivity contribution in [2.45, 2.75) is 13.3 Å². The Hall–Kier alpha value is -1.32. The Labute approximate surface area is 106 Å². The third-order valence-electron chi connectivity index (χ3n) is 2.60. The van der Waals surface area contributed by atoms with Crippen LogP contribution < -0.4 is 5.32 Å². The number of halogens is 1. The minimum Gasteiger partial charge on any atom is -0.441 e. The summed E-state index contributed by atoms with van der Waals surface area (Å²) in [6, 6.07) is 5.87. The second-order valence-electron chi connectivity index (χ2n) is 3.94. The van der Waals surface area contributed by atoms with Gasteiger partial charge in [-0.25, -0.2) is 4.98 Å². The summed E-state index contributed by atoms with van der Waals surface area (Å²) in [5.74, 6) is 1.50. The maximum absolute atomic E-state index is 6.08. The molecule has 0 saturated carbocycles. The average molecular weight is 251 g/mol. The quantitative estimate of drug-likeness (QED) is 0.906. The molecule has 1 heterocycles. The highest BCUT2D eigenvalue weighted by Gasteiger charge is 2.07. The van der Waals surface area contributed by atoms with Crippen LogP contribution in [0, 0.1) is 6.92 Å². The van der Waals surface area contributed by atoms with Crippen molar-refractivity contribution >= 4 is 11.6 Å². The van der Waals surface area contributed by atoms with Gasteiger partial charge in [-0.05, 0) is 25.6 Å². The first-order valence-corrected chi connectivity index (χ1v) is 5.94.